The molecule has 3 N–H and O–H groups in total. The maximum atomic E-state index is 11.3. The van der Waals surface area contributed by atoms with E-state index in [1.165, 1.54) is 85.5 Å². The number of sulfonamides is 1. The number of ketones is 6. The quantitative estimate of drug-likeness (QED) is 0.0548. The number of hydrogen-bond donors (Lipinski definition) is 3. The fourth-order valence-corrected chi connectivity index (χ4v) is 9.84. The minimum atomic E-state index is -3.26. The molecule has 18 nitrogen and oxygen atoms in total. The molecule has 0 atom stereocenters. The first-order valence-corrected chi connectivity index (χ1v) is 46.0. The molecular formula is C104H185N5O13S2. The van der Waals surface area contributed by atoms with Crippen molar-refractivity contribution >= 4 is 66.4 Å². The third kappa shape index (κ3) is 90.9. The molecule has 716 valence electrons. The van der Waals surface area contributed by atoms with Crippen LogP contribution >= 0.6 is 0 Å². The van der Waals surface area contributed by atoms with Crippen LogP contribution in [0.15, 0.2) is 146 Å². The molecule has 0 saturated carbocycles. The van der Waals surface area contributed by atoms with Crippen LogP contribution in [-0.4, -0.2) is 159 Å². The number of likely N-dealkylation sites (N-methyl/N-ethyl adjacent to an activating group) is 2. The molecule has 0 radical (unpaired) electrons. The number of amides is 2. The van der Waals surface area contributed by atoms with Crippen LogP contribution in [0.1, 0.15) is 327 Å². The Kier molecular flexibility index (Phi) is 71.3. The summed E-state index contributed by atoms with van der Waals surface area (Å²) < 4.78 is 45.1. The van der Waals surface area contributed by atoms with Gasteiger partial charge < -0.3 is 25.1 Å². The third-order valence-electron chi connectivity index (χ3n) is 15.9. The van der Waals surface area contributed by atoms with Crippen LogP contribution in [0, 0.1) is 68.0 Å². The van der Waals surface area contributed by atoms with E-state index in [-0.39, 0.29) is 108 Å². The molecule has 0 aliphatic heterocycles. The summed E-state index contributed by atoms with van der Waals surface area (Å²) in [6.45, 7) is 98.9. The lowest BCUT2D eigenvalue weighted by atomic mass is 9.79. The summed E-state index contributed by atoms with van der Waals surface area (Å²) in [5, 5.41) is 13.3. The molecule has 0 aromatic heterocycles. The van der Waals surface area contributed by atoms with Crippen molar-refractivity contribution in [2.24, 2.45) is 43.3 Å². The van der Waals surface area contributed by atoms with Crippen molar-refractivity contribution in [2.75, 3.05) is 54.4 Å². The smallest absolute Gasteiger partial charge is 0.246 e. The molecule has 0 aromatic rings. The molecule has 124 heavy (non-hydrogen) atoms. The van der Waals surface area contributed by atoms with Gasteiger partial charge in [-0.1, -0.05) is 256 Å². The Morgan fingerprint density at radius 1 is 0.476 bits per heavy atom. The van der Waals surface area contributed by atoms with Gasteiger partial charge in [0.1, 0.15) is 0 Å². The summed E-state index contributed by atoms with van der Waals surface area (Å²) in [5.41, 5.74) is 4.40. The van der Waals surface area contributed by atoms with Gasteiger partial charge in [-0.15, -0.1) is 12.8 Å². The predicted octanol–water partition coefficient (Wildman–Crippen LogP) is 23.3. The van der Waals surface area contributed by atoms with Gasteiger partial charge in [-0.05, 0) is 255 Å². The number of Topliss-reactive ketones (excluding diaryl/α,β-unsaturated/α-hetero) is 2. The van der Waals surface area contributed by atoms with Crippen LogP contribution < -0.4 is 10.0 Å². The van der Waals surface area contributed by atoms with Gasteiger partial charge in [0.15, 0.2) is 33.0 Å². The number of β-amino-alcohol motifs (C(OH)–C–C–N with tert-alkyl or cyclic N) is 1. The van der Waals surface area contributed by atoms with Gasteiger partial charge in [-0.3, -0.25) is 38.4 Å². The summed E-state index contributed by atoms with van der Waals surface area (Å²) in [6, 6.07) is 0. The average Bonchev–Trinajstić information content (AvgIpc) is 0.907. The van der Waals surface area contributed by atoms with E-state index in [1.54, 1.807) is 85.4 Å². The standard InChI is InChI=1S/C12H20.C11H21NO.C11H18.C10H19NO.C10H18O.C9H17NO2.C8H12O.C7H13NO.C7H12O.C7H10O.C6H13NO2S.C6H12O2S/c1-10(12(2,3)4)11-8-6-5-7-9-11;1-11(2,3)9-10(13)7-6-8-12(4)5;1-9(11(2,3)4)10-7-5-6-8-10;1-10(2,3)9(12)7-6-8-11(4)5;1-5-6-7-8-9(11)10(2,3)4;1-5-8(12)10(6-7-11)9(2,3)4;1-5-7(9)6-8(2,3)4;1-5-6(9)8-7(2,3)4;2*1-5-6(8)7(2,3)4;1-5-10(8,9)7-6(2,3)4;1-5-9(7,8)6(2,3)4/h8H,1,5-7,9H2,2-4H3;6-7H,8-9H2,1-5H3;7H,1,5-6,8H2,2-4H3;6-7H,8H2,1-5H3;7-8H,5-6H2,1-4H3;5,11H,1,6-7H2,2-4H3;1H,6H2,2-4H3;5H,1H2,2-4H3,(H,8,9);5H,1H2,2-4H3;1H,2-4H3;5,7H,1H2,2-4H3;5H,1H2,2-4H3/b;7-6+;;7-6+;8-7+;;;;;;;. The maximum absolute atomic E-state index is 11.3. The first-order valence-electron chi connectivity index (χ1n) is 42.9. The maximum Gasteiger partial charge on any atom is 0.246 e. The highest BCUT2D eigenvalue weighted by Gasteiger charge is 2.28. The summed E-state index contributed by atoms with van der Waals surface area (Å²) in [4.78, 5) is 93.3. The second kappa shape index (κ2) is 64.4. The Balaban J connectivity index is -0.000000143. The average molecular weight is 1780 g/mol. The topological polar surface area (TPSA) is 259 Å². The van der Waals surface area contributed by atoms with Gasteiger partial charge in [0, 0.05) is 81.6 Å². The minimum absolute atomic E-state index is 0.0170. The molecule has 0 heterocycles. The highest BCUT2D eigenvalue weighted by molar-refractivity contribution is 7.95. The van der Waals surface area contributed by atoms with E-state index in [1.807, 2.05) is 181 Å². The van der Waals surface area contributed by atoms with Gasteiger partial charge in [-0.25, -0.2) is 21.6 Å². The number of hydrogen-bond acceptors (Lipinski definition) is 15. The largest absolute Gasteiger partial charge is 0.395 e. The number of unbranched alkanes of at least 4 members (excludes halogenated alkanes) is 1. The Morgan fingerprint density at radius 2 is 0.855 bits per heavy atom. The molecule has 0 spiro atoms. The fraction of sp³-hybridized carbons (Fsp3) is 0.654. The number of nitrogens with zero attached hydrogens (tertiary/aromatic N) is 3. The number of rotatable bonds is 21. The lowest BCUT2D eigenvalue weighted by molar-refractivity contribution is -0.131. The van der Waals surface area contributed by atoms with Crippen molar-refractivity contribution in [3.63, 3.8) is 0 Å². The number of nitrogens with one attached hydrogen (secondary N) is 2. The lowest BCUT2D eigenvalue weighted by Crippen LogP contribution is -2.46. The molecule has 2 rings (SSSR count). The molecule has 2 aliphatic rings. The monoisotopic (exact) mass is 1780 g/mol. The van der Waals surface area contributed by atoms with E-state index in [4.69, 9.17) is 18.0 Å². The molecule has 0 bridgehead atoms. The van der Waals surface area contributed by atoms with Crippen LogP contribution in [0.4, 0.5) is 0 Å². The van der Waals surface area contributed by atoms with Crippen molar-refractivity contribution in [2.45, 2.75) is 348 Å². The molecule has 20 heteroatoms. The zero-order valence-corrected chi connectivity index (χ0v) is 88.4. The molecule has 2 amide bonds. The molecular weight excluding hydrogens is 1590 g/mol. The predicted molar refractivity (Wildman–Crippen MR) is 537 cm³/mol. The SMILES string of the molecule is C#CC(=O)C(C)(C)C.C#CC(=O)CC(C)(C)C.C=C(C1=CCCC1)C(C)(C)C.C=C(C1=CCCCC1)C(C)(C)C.C=CC(=O)C(C)(C)C.C=CC(=O)N(CCO)C(C)(C)C.C=CC(=O)NC(C)(C)C.C=CS(=O)(=O)C(C)(C)C.C=CS(=O)(=O)NC(C)(C)C.CCC/C=C/C(=O)C(C)(C)C.CN(C)C/C=C/C(=O)C(C)(C)C.CN(C)C/C=C/C(=O)CC(C)(C)C. The van der Waals surface area contributed by atoms with Gasteiger partial charge in [0.2, 0.25) is 33.4 Å². The van der Waals surface area contributed by atoms with Crippen molar-refractivity contribution < 1.29 is 60.3 Å². The van der Waals surface area contributed by atoms with E-state index in [0.29, 0.717) is 19.4 Å². The highest BCUT2D eigenvalue weighted by atomic mass is 32.2. The first kappa shape index (κ1) is 137. The summed E-state index contributed by atoms with van der Waals surface area (Å²) in [6.07, 6.45) is 41.4. The number of allylic oxidation sites excluding steroid dienone is 11. The number of carbonyl (C=O) groups excluding carboxylic acids is 8. The highest BCUT2D eigenvalue weighted by Crippen LogP contribution is 2.36. The van der Waals surface area contributed by atoms with Gasteiger partial charge in [0.25, 0.3) is 0 Å². The zero-order valence-electron chi connectivity index (χ0n) is 86.7. The molecule has 0 unspecified atom stereocenters. The number of aliphatic hydroxyl groups is 1. The normalized spacial score (nSPS) is 13.1. The van der Waals surface area contributed by atoms with E-state index in [0.717, 1.165) is 36.7 Å². The van der Waals surface area contributed by atoms with E-state index in [9.17, 15) is 55.2 Å². The van der Waals surface area contributed by atoms with Crippen LogP contribution in [0.3, 0.4) is 0 Å². The van der Waals surface area contributed by atoms with Crippen molar-refractivity contribution in [3.8, 4) is 24.7 Å². The Labute approximate surface area is 763 Å². The minimum Gasteiger partial charge on any atom is -0.395 e. The number of carbonyl (C=O) groups is 8. The summed E-state index contributed by atoms with van der Waals surface area (Å²) in [5.74, 6) is 4.34. The lowest BCUT2D eigenvalue weighted by Gasteiger charge is -2.34. The zero-order chi connectivity index (χ0) is 101. The number of terminal acetylenes is 2. The second-order valence-corrected chi connectivity index (χ2v) is 47.5. The van der Waals surface area contributed by atoms with Crippen LogP contribution in [0.25, 0.3) is 0 Å². The van der Waals surface area contributed by atoms with Crippen LogP contribution in [0.2, 0.25) is 0 Å². The second-order valence-electron chi connectivity index (χ2n) is 43.3. The van der Waals surface area contributed by atoms with Crippen molar-refractivity contribution in [1.82, 2.24) is 24.7 Å². The van der Waals surface area contributed by atoms with E-state index >= 15 is 0 Å². The van der Waals surface area contributed by atoms with Crippen LogP contribution in [0.5, 0.6) is 0 Å². The van der Waals surface area contributed by atoms with Crippen molar-refractivity contribution in [1.29, 1.82) is 0 Å². The van der Waals surface area contributed by atoms with Gasteiger partial charge in [0.05, 0.1) is 11.4 Å². The van der Waals surface area contributed by atoms with Crippen LogP contribution in [-0.2, 0) is 58.2 Å². The first-order chi connectivity index (χ1) is 55.0. The van der Waals surface area contributed by atoms with E-state index in [2.05, 4.69) is 149 Å². The Bertz CT molecular complexity index is 3750. The van der Waals surface area contributed by atoms with Crippen molar-refractivity contribution in [3.05, 3.63) is 146 Å². The van der Waals surface area contributed by atoms with Gasteiger partial charge >= 0.3 is 0 Å². The third-order valence-corrected chi connectivity index (χ3v) is 19.4. The number of sulfone groups is 1. The molecule has 0 saturated heterocycles. The molecule has 0 aromatic carbocycles. The Hall–Kier alpha value is -7.30. The summed E-state index contributed by atoms with van der Waals surface area (Å²) in [7, 11) is 1.59. The van der Waals surface area contributed by atoms with Gasteiger partial charge in [-0.2, -0.15) is 0 Å². The fourth-order valence-electron chi connectivity index (χ4n) is 8.41. The number of aliphatic hydroxyl groups excluding tert-OH is 1. The summed E-state index contributed by atoms with van der Waals surface area (Å²) >= 11 is 0. The van der Waals surface area contributed by atoms with E-state index < -0.39 is 30.1 Å². The molecule has 0 fully saturated rings. The Morgan fingerprint density at radius 3 is 1.05 bits per heavy atom. The molecule has 2 aliphatic carbocycles.